The minimum Gasteiger partial charge on any atom is -0.481 e. The first kappa shape index (κ1) is 18.0. The van der Waals surface area contributed by atoms with Crippen LogP contribution in [0.15, 0.2) is 18.2 Å². The first-order valence-corrected chi connectivity index (χ1v) is 6.98. The van der Waals surface area contributed by atoms with E-state index in [2.05, 4.69) is 0 Å². The van der Waals surface area contributed by atoms with Crippen molar-refractivity contribution in [2.45, 2.75) is 26.7 Å². The predicted octanol–water partition coefficient (Wildman–Crippen LogP) is 2.30. The van der Waals surface area contributed by atoms with Crippen LogP contribution < -0.4 is 0 Å². The van der Waals surface area contributed by atoms with E-state index in [1.54, 1.807) is 25.1 Å². The number of carbonyl (C=O) groups excluding carboxylic acids is 1. The van der Waals surface area contributed by atoms with Crippen LogP contribution in [-0.2, 0) is 25.5 Å². The lowest BCUT2D eigenvalue weighted by Crippen LogP contribution is -2.44. The molecule has 0 aliphatic heterocycles. The Morgan fingerprint density at radius 1 is 1.27 bits per heavy atom. The summed E-state index contributed by atoms with van der Waals surface area (Å²) >= 11 is 5.91. The normalized spacial score (nSPS) is 13.2. The maximum Gasteiger partial charge on any atom is 0.324 e. The van der Waals surface area contributed by atoms with Gasteiger partial charge in [-0.2, -0.15) is 0 Å². The van der Waals surface area contributed by atoms with Crippen molar-refractivity contribution in [3.63, 3.8) is 0 Å². The first-order chi connectivity index (χ1) is 10.2. The largest absolute Gasteiger partial charge is 0.481 e. The minimum atomic E-state index is -2.16. The van der Waals surface area contributed by atoms with Crippen LogP contribution in [0, 0.1) is 12.3 Å². The van der Waals surface area contributed by atoms with Gasteiger partial charge in [-0.1, -0.05) is 23.7 Å². The van der Waals surface area contributed by atoms with E-state index in [-0.39, 0.29) is 13.0 Å². The number of ether oxygens (including phenoxy) is 1. The number of esters is 1. The van der Waals surface area contributed by atoms with Crippen LogP contribution in [0.4, 0.5) is 0 Å². The average Bonchev–Trinajstić information content (AvgIpc) is 2.41. The van der Waals surface area contributed by atoms with Crippen molar-refractivity contribution in [2.75, 3.05) is 6.61 Å². The van der Waals surface area contributed by atoms with Gasteiger partial charge in [0.2, 0.25) is 0 Å². The molecule has 2 N–H and O–H groups in total. The van der Waals surface area contributed by atoms with Gasteiger partial charge >= 0.3 is 17.9 Å². The van der Waals surface area contributed by atoms with E-state index in [1.165, 1.54) is 6.92 Å². The Kier molecular flexibility index (Phi) is 5.93. The molecule has 1 unspecified atom stereocenters. The van der Waals surface area contributed by atoms with Gasteiger partial charge in [0, 0.05) is 5.02 Å². The zero-order chi connectivity index (χ0) is 16.9. The smallest absolute Gasteiger partial charge is 0.324 e. The van der Waals surface area contributed by atoms with Gasteiger partial charge in [0.25, 0.3) is 0 Å². The summed E-state index contributed by atoms with van der Waals surface area (Å²) in [5, 5.41) is 19.0. The molecule has 0 fully saturated rings. The van der Waals surface area contributed by atoms with Gasteiger partial charge in [-0.05, 0) is 37.5 Å². The Labute approximate surface area is 132 Å². The number of carboxylic acids is 2. The number of carboxylic acid groups (broad SMARTS) is 2. The van der Waals surface area contributed by atoms with Crippen molar-refractivity contribution in [2.24, 2.45) is 5.41 Å². The Bertz CT molecular complexity index is 598. The number of aryl methyl sites for hydroxylation is 1. The second kappa shape index (κ2) is 7.26. The van der Waals surface area contributed by atoms with Crippen LogP contribution in [0.1, 0.15) is 24.5 Å². The van der Waals surface area contributed by atoms with Gasteiger partial charge in [0.15, 0.2) is 5.41 Å². The van der Waals surface area contributed by atoms with E-state index in [0.29, 0.717) is 16.1 Å². The van der Waals surface area contributed by atoms with Crippen LogP contribution in [0.2, 0.25) is 5.02 Å². The highest BCUT2D eigenvalue weighted by molar-refractivity contribution is 6.31. The van der Waals surface area contributed by atoms with Crippen LogP contribution in [-0.4, -0.2) is 34.7 Å². The van der Waals surface area contributed by atoms with Crippen molar-refractivity contribution in [3.05, 3.63) is 34.3 Å². The highest BCUT2D eigenvalue weighted by atomic mass is 35.5. The molecule has 1 aromatic rings. The molecular weight excluding hydrogens is 312 g/mol. The van der Waals surface area contributed by atoms with E-state index in [1.807, 2.05) is 0 Å². The molecule has 0 radical (unpaired) electrons. The van der Waals surface area contributed by atoms with Gasteiger partial charge in [0.1, 0.15) is 0 Å². The van der Waals surface area contributed by atoms with Crippen molar-refractivity contribution >= 4 is 29.5 Å². The number of hydrogen-bond acceptors (Lipinski definition) is 4. The summed E-state index contributed by atoms with van der Waals surface area (Å²) in [6, 6.07) is 4.76. The first-order valence-electron chi connectivity index (χ1n) is 6.60. The van der Waals surface area contributed by atoms with Gasteiger partial charge < -0.3 is 14.9 Å². The van der Waals surface area contributed by atoms with E-state index in [0.717, 1.165) is 0 Å². The molecule has 0 saturated carbocycles. The molecule has 22 heavy (non-hydrogen) atoms. The van der Waals surface area contributed by atoms with E-state index in [9.17, 15) is 19.5 Å². The van der Waals surface area contributed by atoms with Crippen molar-refractivity contribution in [3.8, 4) is 0 Å². The lowest BCUT2D eigenvalue weighted by Gasteiger charge is -2.25. The van der Waals surface area contributed by atoms with E-state index < -0.39 is 29.7 Å². The maximum atomic E-state index is 12.1. The summed E-state index contributed by atoms with van der Waals surface area (Å²) in [7, 11) is 0. The lowest BCUT2D eigenvalue weighted by molar-refractivity contribution is -0.173. The van der Waals surface area contributed by atoms with E-state index >= 15 is 0 Å². The topological polar surface area (TPSA) is 101 Å². The molecule has 0 spiro atoms. The predicted molar refractivity (Wildman–Crippen MR) is 78.8 cm³/mol. The summed E-state index contributed by atoms with van der Waals surface area (Å²) in [5.41, 5.74) is -0.960. The standard InChI is InChI=1S/C15H17ClO6/c1-3-22-14(21)15(13(19)20,8-12(17)18)7-10-4-5-11(16)9(2)6-10/h4-6H,3,7-8H2,1-2H3,(H,17,18)(H,19,20). The van der Waals surface area contributed by atoms with Crippen molar-refractivity contribution in [1.82, 2.24) is 0 Å². The second-order valence-corrected chi connectivity index (χ2v) is 5.35. The highest BCUT2D eigenvalue weighted by Crippen LogP contribution is 2.31. The Morgan fingerprint density at radius 2 is 1.91 bits per heavy atom. The number of halogens is 1. The molecular formula is C15H17ClO6. The third-order valence-electron chi connectivity index (χ3n) is 3.26. The number of benzene rings is 1. The Morgan fingerprint density at radius 3 is 2.36 bits per heavy atom. The number of carbonyl (C=O) groups is 3. The molecule has 0 saturated heterocycles. The van der Waals surface area contributed by atoms with Crippen LogP contribution in [0.5, 0.6) is 0 Å². The molecule has 1 aromatic carbocycles. The summed E-state index contributed by atoms with van der Waals surface area (Å²) in [5.74, 6) is -3.97. The van der Waals surface area contributed by atoms with Crippen molar-refractivity contribution in [1.29, 1.82) is 0 Å². The summed E-state index contributed by atoms with van der Waals surface area (Å²) in [6.07, 6.45) is -1.14. The molecule has 1 atom stereocenters. The summed E-state index contributed by atoms with van der Waals surface area (Å²) in [6.45, 7) is 3.22. The summed E-state index contributed by atoms with van der Waals surface area (Å²) in [4.78, 5) is 34.8. The lowest BCUT2D eigenvalue weighted by atomic mass is 9.78. The van der Waals surface area contributed by atoms with E-state index in [4.69, 9.17) is 21.4 Å². The highest BCUT2D eigenvalue weighted by Gasteiger charge is 2.49. The van der Waals surface area contributed by atoms with Crippen LogP contribution >= 0.6 is 11.6 Å². The number of rotatable bonds is 7. The molecule has 0 bridgehead atoms. The number of aliphatic carboxylic acids is 2. The number of hydrogen-bond donors (Lipinski definition) is 2. The van der Waals surface area contributed by atoms with Gasteiger partial charge in [-0.25, -0.2) is 0 Å². The molecule has 7 heteroatoms. The molecule has 0 aromatic heterocycles. The fraction of sp³-hybridized carbons (Fsp3) is 0.400. The van der Waals surface area contributed by atoms with Crippen LogP contribution in [0.25, 0.3) is 0 Å². The Hall–Kier alpha value is -2.08. The fourth-order valence-electron chi connectivity index (χ4n) is 2.14. The van der Waals surface area contributed by atoms with Crippen LogP contribution in [0.3, 0.4) is 0 Å². The average molecular weight is 329 g/mol. The molecule has 120 valence electrons. The fourth-order valence-corrected chi connectivity index (χ4v) is 2.26. The Balaban J connectivity index is 3.28. The second-order valence-electron chi connectivity index (χ2n) is 4.94. The zero-order valence-electron chi connectivity index (χ0n) is 12.3. The molecule has 0 aliphatic carbocycles. The third-order valence-corrected chi connectivity index (χ3v) is 3.68. The molecule has 0 aliphatic rings. The van der Waals surface area contributed by atoms with Gasteiger partial charge in [-0.15, -0.1) is 0 Å². The summed E-state index contributed by atoms with van der Waals surface area (Å²) < 4.78 is 4.79. The monoisotopic (exact) mass is 328 g/mol. The third kappa shape index (κ3) is 3.98. The quantitative estimate of drug-likeness (QED) is 0.588. The van der Waals surface area contributed by atoms with Gasteiger partial charge in [0.05, 0.1) is 13.0 Å². The maximum absolute atomic E-state index is 12.1. The SMILES string of the molecule is CCOC(=O)C(CC(=O)O)(Cc1ccc(Cl)c(C)c1)C(=O)O. The van der Waals surface area contributed by atoms with Crippen molar-refractivity contribution < 1.29 is 29.3 Å². The van der Waals surface area contributed by atoms with Gasteiger partial charge in [-0.3, -0.25) is 14.4 Å². The molecule has 6 nitrogen and oxygen atoms in total. The molecule has 0 heterocycles. The zero-order valence-corrected chi connectivity index (χ0v) is 13.0. The molecule has 1 rings (SSSR count). The minimum absolute atomic E-state index is 0.0346. The molecule has 0 amide bonds.